The fourth-order valence-electron chi connectivity index (χ4n) is 4.11. The molecule has 23 heavy (non-hydrogen) atoms. The summed E-state index contributed by atoms with van der Waals surface area (Å²) in [4.78, 5) is 0. The van der Waals surface area contributed by atoms with Crippen molar-refractivity contribution in [3.63, 3.8) is 0 Å². The maximum absolute atomic E-state index is 13.6. The van der Waals surface area contributed by atoms with E-state index in [0.29, 0.717) is 25.1 Å². The van der Waals surface area contributed by atoms with Crippen molar-refractivity contribution < 1.29 is 17.9 Å². The summed E-state index contributed by atoms with van der Waals surface area (Å²) in [5.41, 5.74) is -0.581. The van der Waals surface area contributed by atoms with Crippen LogP contribution in [0.15, 0.2) is 24.3 Å². The van der Waals surface area contributed by atoms with Gasteiger partial charge in [-0.15, -0.1) is 0 Å². The van der Waals surface area contributed by atoms with E-state index in [2.05, 4.69) is 0 Å². The number of nitrogens with zero attached hydrogens (tertiary/aromatic N) is 1. The molecule has 0 bridgehead atoms. The molecule has 1 heterocycles. The molecule has 0 aromatic heterocycles. The van der Waals surface area contributed by atoms with Crippen molar-refractivity contribution in [2.24, 2.45) is 11.8 Å². The Morgan fingerprint density at radius 1 is 1.35 bits per heavy atom. The van der Waals surface area contributed by atoms with Crippen molar-refractivity contribution in [1.29, 1.82) is 0 Å². The molecule has 0 unspecified atom stereocenters. The maximum atomic E-state index is 13.6. The molecular weight excluding hydrogens is 317 g/mol. The maximum Gasteiger partial charge on any atom is 0.216 e. The predicted octanol–water partition coefficient (Wildman–Crippen LogP) is 2.48. The van der Waals surface area contributed by atoms with Gasteiger partial charge in [0.25, 0.3) is 0 Å². The van der Waals surface area contributed by atoms with Gasteiger partial charge in [0, 0.05) is 19.0 Å². The molecule has 1 aliphatic carbocycles. The number of fused-ring (bicyclic) bond motifs is 1. The number of aliphatic hydroxyl groups is 1. The van der Waals surface area contributed by atoms with E-state index < -0.39 is 20.9 Å². The average Bonchev–Trinajstić information content (AvgIpc) is 2.93. The zero-order valence-electron chi connectivity index (χ0n) is 13.6. The molecule has 128 valence electrons. The van der Waals surface area contributed by atoms with Crippen LogP contribution < -0.4 is 0 Å². The van der Waals surface area contributed by atoms with Crippen molar-refractivity contribution in [1.82, 2.24) is 4.31 Å². The zero-order valence-corrected chi connectivity index (χ0v) is 14.4. The highest BCUT2D eigenvalue weighted by Crippen LogP contribution is 2.48. The summed E-state index contributed by atoms with van der Waals surface area (Å²) >= 11 is 0. The monoisotopic (exact) mass is 341 g/mol. The Bertz CT molecular complexity index is 691. The molecule has 0 amide bonds. The molecule has 0 radical (unpaired) electrons. The molecule has 3 rings (SSSR count). The lowest BCUT2D eigenvalue weighted by atomic mass is 9.67. The highest BCUT2D eigenvalue weighted by molar-refractivity contribution is 7.89. The van der Waals surface area contributed by atoms with E-state index >= 15 is 0 Å². The number of hydrogen-bond acceptors (Lipinski definition) is 3. The molecule has 0 spiro atoms. The largest absolute Gasteiger partial charge is 0.385 e. The second kappa shape index (κ2) is 5.83. The summed E-state index contributed by atoms with van der Waals surface area (Å²) in [6, 6.07) is 6.08. The Morgan fingerprint density at radius 3 is 2.74 bits per heavy atom. The fraction of sp³-hybridized carbons (Fsp3) is 0.647. The van der Waals surface area contributed by atoms with E-state index in [9.17, 15) is 17.9 Å². The Labute approximate surface area is 137 Å². The van der Waals surface area contributed by atoms with Gasteiger partial charge in [-0.1, -0.05) is 12.1 Å². The van der Waals surface area contributed by atoms with Crippen LogP contribution in [0.5, 0.6) is 0 Å². The predicted molar refractivity (Wildman–Crippen MR) is 86.8 cm³/mol. The summed E-state index contributed by atoms with van der Waals surface area (Å²) < 4.78 is 40.0. The van der Waals surface area contributed by atoms with Crippen molar-refractivity contribution in [3.05, 3.63) is 35.6 Å². The van der Waals surface area contributed by atoms with Crippen LogP contribution in [0.1, 0.15) is 38.7 Å². The highest BCUT2D eigenvalue weighted by atomic mass is 32.2. The quantitative estimate of drug-likeness (QED) is 0.919. The Balaban J connectivity index is 1.93. The van der Waals surface area contributed by atoms with Gasteiger partial charge in [-0.05, 0) is 56.7 Å². The molecule has 3 atom stereocenters. The standard InChI is InChI=1S/C17H24FNO3S/c1-12(2)23(21,22)19-10-13-5-4-8-17(20,16(13)11-19)14-6-3-7-15(18)9-14/h3,6-7,9,12-13,16,20H,4-5,8,10-11H2,1-2H3/t13-,16+,17-/m0/s1. The van der Waals surface area contributed by atoms with E-state index in [1.54, 1.807) is 26.0 Å². The van der Waals surface area contributed by atoms with Gasteiger partial charge in [-0.3, -0.25) is 0 Å². The van der Waals surface area contributed by atoms with Crippen LogP contribution in [0.2, 0.25) is 0 Å². The summed E-state index contributed by atoms with van der Waals surface area (Å²) in [6.07, 6.45) is 2.28. The van der Waals surface area contributed by atoms with Crippen LogP contribution in [0.25, 0.3) is 0 Å². The van der Waals surface area contributed by atoms with Crippen LogP contribution in [0, 0.1) is 17.7 Å². The van der Waals surface area contributed by atoms with Gasteiger partial charge in [0.1, 0.15) is 5.82 Å². The lowest BCUT2D eigenvalue weighted by Gasteiger charge is -2.41. The van der Waals surface area contributed by atoms with Crippen LogP contribution in [0.4, 0.5) is 4.39 Å². The molecule has 6 heteroatoms. The normalized spacial score (nSPS) is 32.2. The van der Waals surface area contributed by atoms with E-state index in [0.717, 1.165) is 12.8 Å². The van der Waals surface area contributed by atoms with Crippen LogP contribution in [0.3, 0.4) is 0 Å². The number of rotatable bonds is 3. The van der Waals surface area contributed by atoms with Crippen molar-refractivity contribution in [2.45, 2.75) is 44.0 Å². The molecule has 1 aliphatic heterocycles. The summed E-state index contributed by atoms with van der Waals surface area (Å²) in [5, 5.41) is 10.8. The number of hydrogen-bond donors (Lipinski definition) is 1. The molecule has 2 fully saturated rings. The summed E-state index contributed by atoms with van der Waals surface area (Å²) in [7, 11) is -3.33. The minimum atomic E-state index is -3.33. The van der Waals surface area contributed by atoms with Gasteiger partial charge < -0.3 is 5.11 Å². The first-order valence-corrected chi connectivity index (χ1v) is 9.73. The lowest BCUT2D eigenvalue weighted by Crippen LogP contribution is -2.43. The number of sulfonamides is 1. The smallest absolute Gasteiger partial charge is 0.216 e. The lowest BCUT2D eigenvalue weighted by molar-refractivity contribution is -0.0642. The number of halogens is 1. The van der Waals surface area contributed by atoms with Crippen molar-refractivity contribution >= 4 is 10.0 Å². The molecular formula is C17H24FNO3S. The van der Waals surface area contributed by atoms with Crippen LogP contribution in [-0.4, -0.2) is 36.2 Å². The van der Waals surface area contributed by atoms with Gasteiger partial charge >= 0.3 is 0 Å². The second-order valence-corrected chi connectivity index (χ2v) is 9.59. The molecule has 1 aromatic carbocycles. The van der Waals surface area contributed by atoms with E-state index in [1.807, 2.05) is 0 Å². The second-order valence-electron chi connectivity index (χ2n) is 7.10. The first-order valence-electron chi connectivity index (χ1n) is 8.22. The minimum Gasteiger partial charge on any atom is -0.385 e. The van der Waals surface area contributed by atoms with Crippen LogP contribution in [-0.2, 0) is 15.6 Å². The first-order chi connectivity index (χ1) is 10.7. The Hall–Kier alpha value is -0.980. The zero-order chi connectivity index (χ0) is 16.8. The highest BCUT2D eigenvalue weighted by Gasteiger charge is 2.52. The van der Waals surface area contributed by atoms with Gasteiger partial charge in [-0.2, -0.15) is 0 Å². The molecule has 1 saturated carbocycles. The molecule has 2 aliphatic rings. The van der Waals surface area contributed by atoms with Gasteiger partial charge in [0.15, 0.2) is 0 Å². The van der Waals surface area contributed by atoms with E-state index in [-0.39, 0.29) is 17.7 Å². The third-order valence-corrected chi connectivity index (χ3v) is 7.64. The van der Waals surface area contributed by atoms with Gasteiger partial charge in [0.05, 0.1) is 10.9 Å². The average molecular weight is 341 g/mol. The van der Waals surface area contributed by atoms with Gasteiger partial charge in [-0.25, -0.2) is 17.1 Å². The Morgan fingerprint density at radius 2 is 2.09 bits per heavy atom. The van der Waals surface area contributed by atoms with Crippen molar-refractivity contribution in [3.8, 4) is 0 Å². The third-order valence-electron chi connectivity index (χ3n) is 5.43. The summed E-state index contributed by atoms with van der Waals surface area (Å²) in [5.74, 6) is -0.417. The number of benzene rings is 1. The fourth-order valence-corrected chi connectivity index (χ4v) is 5.47. The van der Waals surface area contributed by atoms with Gasteiger partial charge in [0.2, 0.25) is 10.0 Å². The van der Waals surface area contributed by atoms with Crippen molar-refractivity contribution in [2.75, 3.05) is 13.1 Å². The minimum absolute atomic E-state index is 0.130. The summed E-state index contributed by atoms with van der Waals surface area (Å²) in [6.45, 7) is 4.13. The third kappa shape index (κ3) is 2.81. The molecule has 1 aromatic rings. The molecule has 1 saturated heterocycles. The molecule has 4 nitrogen and oxygen atoms in total. The molecule has 1 N–H and O–H groups in total. The first kappa shape index (κ1) is 16.9. The SMILES string of the molecule is CC(C)S(=O)(=O)N1C[C@@H]2CCC[C@](O)(c3cccc(F)c3)[C@@H]2C1. The topological polar surface area (TPSA) is 57.6 Å². The van der Waals surface area contributed by atoms with Crippen LogP contribution >= 0.6 is 0 Å². The Kier molecular flexibility index (Phi) is 4.27. The van der Waals surface area contributed by atoms with E-state index in [1.165, 1.54) is 16.4 Å². The van der Waals surface area contributed by atoms with E-state index in [4.69, 9.17) is 0 Å².